The van der Waals surface area contributed by atoms with E-state index in [9.17, 15) is 9.59 Å². The zero-order valence-corrected chi connectivity index (χ0v) is 19.4. The fourth-order valence-electron chi connectivity index (χ4n) is 7.27. The number of thioether (sulfide) groups is 1. The molecule has 0 atom stereocenters. The van der Waals surface area contributed by atoms with Gasteiger partial charge in [0.2, 0.25) is 0 Å². The molecule has 8 rings (SSSR count). The van der Waals surface area contributed by atoms with Gasteiger partial charge < -0.3 is 10.2 Å². The second kappa shape index (κ2) is 7.18. The van der Waals surface area contributed by atoms with Crippen LogP contribution in [0, 0.1) is 17.8 Å². The Morgan fingerprint density at radius 2 is 1.82 bits per heavy atom. The SMILES string of the molecule is Nc1nc2cc(-c3ccc(/C=C4\SC(=O)NC4=O)cn3)cc(C34CC5CC(CC(C5)C3)C4)c2o1. The average molecular weight is 473 g/mol. The van der Waals surface area contributed by atoms with Crippen molar-refractivity contribution in [1.82, 2.24) is 15.3 Å². The predicted octanol–water partition coefficient (Wildman–Crippen LogP) is 5.26. The molecule has 2 amide bonds. The Hall–Kier alpha value is -3.13. The summed E-state index contributed by atoms with van der Waals surface area (Å²) >= 11 is 0.905. The van der Waals surface area contributed by atoms with Crippen LogP contribution in [0.1, 0.15) is 49.7 Å². The first-order valence-electron chi connectivity index (χ1n) is 11.9. The number of nitrogens with two attached hydrogens (primary N) is 1. The number of amides is 2. The number of aromatic nitrogens is 2. The van der Waals surface area contributed by atoms with Gasteiger partial charge in [0.1, 0.15) is 5.52 Å². The van der Waals surface area contributed by atoms with Gasteiger partial charge in [-0.1, -0.05) is 6.07 Å². The number of anilines is 1. The molecule has 0 spiro atoms. The third-order valence-corrected chi connectivity index (χ3v) is 8.95. The van der Waals surface area contributed by atoms with E-state index in [2.05, 4.69) is 21.4 Å². The van der Waals surface area contributed by atoms with E-state index in [4.69, 9.17) is 10.2 Å². The van der Waals surface area contributed by atoms with Crippen molar-refractivity contribution in [2.75, 3.05) is 5.73 Å². The van der Waals surface area contributed by atoms with E-state index in [1.807, 2.05) is 18.2 Å². The molecule has 8 heteroatoms. The highest BCUT2D eigenvalue weighted by atomic mass is 32.2. The lowest BCUT2D eigenvalue weighted by molar-refractivity contribution is -0.115. The van der Waals surface area contributed by atoms with Crippen molar-refractivity contribution < 1.29 is 14.0 Å². The molecule has 0 radical (unpaired) electrons. The Morgan fingerprint density at radius 3 is 2.44 bits per heavy atom. The zero-order chi connectivity index (χ0) is 23.0. The molecule has 34 heavy (non-hydrogen) atoms. The lowest BCUT2D eigenvalue weighted by atomic mass is 9.48. The Kier molecular flexibility index (Phi) is 4.28. The van der Waals surface area contributed by atoms with Crippen LogP contribution in [0.15, 0.2) is 39.8 Å². The molecule has 1 aliphatic heterocycles. The number of imide groups is 1. The van der Waals surface area contributed by atoms with Crippen LogP contribution < -0.4 is 11.1 Å². The molecule has 0 unspecified atom stereocenters. The Balaban J connectivity index is 1.29. The molecule has 5 aliphatic rings. The maximum atomic E-state index is 11.8. The van der Waals surface area contributed by atoms with Gasteiger partial charge in [0.15, 0.2) is 5.58 Å². The highest BCUT2D eigenvalue weighted by Gasteiger charge is 2.52. The number of nitrogens with zero attached hydrogens (tertiary/aromatic N) is 2. The minimum atomic E-state index is -0.367. The maximum Gasteiger partial charge on any atom is 0.292 e. The maximum absolute atomic E-state index is 11.8. The number of nitrogens with one attached hydrogen (secondary N) is 1. The number of benzene rings is 1. The number of rotatable bonds is 3. The minimum Gasteiger partial charge on any atom is -0.423 e. The first kappa shape index (κ1) is 20.3. The van der Waals surface area contributed by atoms with Crippen molar-refractivity contribution in [3.63, 3.8) is 0 Å². The second-order valence-corrected chi connectivity index (χ2v) is 11.5. The topological polar surface area (TPSA) is 111 Å². The highest BCUT2D eigenvalue weighted by Crippen LogP contribution is 2.61. The molecule has 2 aromatic heterocycles. The van der Waals surface area contributed by atoms with Crippen LogP contribution >= 0.6 is 11.8 Å². The summed E-state index contributed by atoms with van der Waals surface area (Å²) in [7, 11) is 0. The number of carbonyl (C=O) groups excluding carboxylic acids is 2. The van der Waals surface area contributed by atoms with Gasteiger partial charge in [0.05, 0.1) is 10.6 Å². The molecule has 4 saturated carbocycles. The normalized spacial score (nSPS) is 31.1. The van der Waals surface area contributed by atoms with E-state index in [-0.39, 0.29) is 22.6 Å². The lowest BCUT2D eigenvalue weighted by Gasteiger charge is -2.57. The van der Waals surface area contributed by atoms with Gasteiger partial charge in [0.25, 0.3) is 17.2 Å². The molecule has 172 valence electrons. The second-order valence-electron chi connectivity index (χ2n) is 10.5. The van der Waals surface area contributed by atoms with Gasteiger partial charge in [-0.15, -0.1) is 0 Å². The van der Waals surface area contributed by atoms with Crippen LogP contribution in [0.25, 0.3) is 28.4 Å². The zero-order valence-electron chi connectivity index (χ0n) is 18.5. The molecular weight excluding hydrogens is 448 g/mol. The van der Waals surface area contributed by atoms with Crippen LogP contribution in [0.4, 0.5) is 10.8 Å². The summed E-state index contributed by atoms with van der Waals surface area (Å²) < 4.78 is 5.96. The first-order chi connectivity index (χ1) is 16.4. The third-order valence-electron chi connectivity index (χ3n) is 8.14. The van der Waals surface area contributed by atoms with Gasteiger partial charge in [-0.25, -0.2) is 0 Å². The molecule has 1 aromatic carbocycles. The van der Waals surface area contributed by atoms with Crippen LogP contribution in [-0.4, -0.2) is 21.1 Å². The Labute approximate surface area is 200 Å². The average Bonchev–Trinajstić information content (AvgIpc) is 3.32. The van der Waals surface area contributed by atoms with Gasteiger partial charge >= 0.3 is 0 Å². The summed E-state index contributed by atoms with van der Waals surface area (Å²) in [5.41, 5.74) is 11.6. The fourth-order valence-corrected chi connectivity index (χ4v) is 7.95. The monoisotopic (exact) mass is 472 g/mol. The molecule has 3 N–H and O–H groups in total. The highest BCUT2D eigenvalue weighted by molar-refractivity contribution is 8.18. The summed E-state index contributed by atoms with van der Waals surface area (Å²) in [5, 5.41) is 1.93. The molecule has 4 aliphatic carbocycles. The number of nitrogen functional groups attached to an aromatic ring is 1. The smallest absolute Gasteiger partial charge is 0.292 e. The summed E-state index contributed by atoms with van der Waals surface area (Å²) in [6, 6.07) is 8.31. The van der Waals surface area contributed by atoms with Crippen molar-refractivity contribution in [3.05, 3.63) is 46.5 Å². The standard InChI is InChI=1S/C26H24N4O3S/c27-24-29-20-8-17(19-2-1-13(12-28-19)6-21-23(31)30-25(32)34-21)7-18(22(20)33-24)26-9-14-3-15(10-26)5-16(4-14)11-26/h1-2,6-8,12,14-16H,3-5,9-11H2,(H2,27,29)(H,30,31,32)/b21-6-. The van der Waals surface area contributed by atoms with Gasteiger partial charge in [0, 0.05) is 17.3 Å². The van der Waals surface area contributed by atoms with Crippen LogP contribution in [0.2, 0.25) is 0 Å². The fraction of sp³-hybridized carbons (Fsp3) is 0.385. The van der Waals surface area contributed by atoms with Crippen molar-refractivity contribution in [3.8, 4) is 11.3 Å². The molecule has 3 heterocycles. The number of fused-ring (bicyclic) bond motifs is 1. The number of hydrogen-bond donors (Lipinski definition) is 2. The third kappa shape index (κ3) is 3.19. The summed E-state index contributed by atoms with van der Waals surface area (Å²) in [6.07, 6.45) is 11.2. The van der Waals surface area contributed by atoms with Crippen molar-refractivity contribution in [2.45, 2.75) is 43.9 Å². The summed E-state index contributed by atoms with van der Waals surface area (Å²) in [5.74, 6) is 2.07. The van der Waals surface area contributed by atoms with Gasteiger partial charge in [-0.05, 0) is 103 Å². The number of hydrogen-bond acceptors (Lipinski definition) is 7. The Morgan fingerprint density at radius 1 is 1.09 bits per heavy atom. The van der Waals surface area contributed by atoms with E-state index in [0.29, 0.717) is 4.91 Å². The Bertz CT molecular complexity index is 1360. The van der Waals surface area contributed by atoms with E-state index in [1.54, 1.807) is 12.3 Å². The molecule has 5 fully saturated rings. The van der Waals surface area contributed by atoms with Crippen molar-refractivity contribution in [2.24, 2.45) is 17.8 Å². The summed E-state index contributed by atoms with van der Waals surface area (Å²) in [4.78, 5) is 32.8. The van der Waals surface area contributed by atoms with Crippen molar-refractivity contribution >= 4 is 46.1 Å². The van der Waals surface area contributed by atoms with E-state index in [1.165, 1.54) is 44.1 Å². The number of pyridine rings is 1. The van der Waals surface area contributed by atoms with Crippen molar-refractivity contribution in [1.29, 1.82) is 0 Å². The lowest BCUT2D eigenvalue weighted by Crippen LogP contribution is -2.48. The van der Waals surface area contributed by atoms with E-state index < -0.39 is 0 Å². The first-order valence-corrected chi connectivity index (χ1v) is 12.7. The van der Waals surface area contributed by atoms with Gasteiger partial charge in [-0.3, -0.25) is 19.9 Å². The molecule has 3 aromatic rings. The molecule has 1 saturated heterocycles. The number of oxazole rings is 1. The molecule has 7 nitrogen and oxygen atoms in total. The quantitative estimate of drug-likeness (QED) is 0.500. The van der Waals surface area contributed by atoms with Crippen LogP contribution in [-0.2, 0) is 10.2 Å². The molecular formula is C26H24N4O3S. The minimum absolute atomic E-state index is 0.138. The summed E-state index contributed by atoms with van der Waals surface area (Å²) in [6.45, 7) is 0. The largest absolute Gasteiger partial charge is 0.423 e. The van der Waals surface area contributed by atoms with Crippen LogP contribution in [0.3, 0.4) is 0 Å². The van der Waals surface area contributed by atoms with Gasteiger partial charge in [-0.2, -0.15) is 4.98 Å². The van der Waals surface area contributed by atoms with E-state index in [0.717, 1.165) is 57.4 Å². The van der Waals surface area contributed by atoms with E-state index >= 15 is 0 Å². The van der Waals surface area contributed by atoms with Crippen LogP contribution in [0.5, 0.6) is 0 Å². The predicted molar refractivity (Wildman–Crippen MR) is 131 cm³/mol. The number of carbonyl (C=O) groups is 2. The molecule has 4 bridgehead atoms.